The number of carbonyl (C=O) groups is 1. The minimum absolute atomic E-state index is 0.170. The standard InChI is InChI=1S/C14H14N4O2/c1-2-17(14(19)12-6-7-16-20-12)10-11-9-15-13-5-3-4-8-18(11)13/h3-9H,2,10H2,1H3. The molecule has 0 aliphatic rings. The zero-order valence-electron chi connectivity index (χ0n) is 11.1. The van der Waals surface area contributed by atoms with Crippen LogP contribution in [0.3, 0.4) is 0 Å². The van der Waals surface area contributed by atoms with Crippen molar-refractivity contribution in [3.63, 3.8) is 0 Å². The topological polar surface area (TPSA) is 63.6 Å². The van der Waals surface area contributed by atoms with E-state index in [4.69, 9.17) is 4.52 Å². The summed E-state index contributed by atoms with van der Waals surface area (Å²) in [7, 11) is 0. The Bertz CT molecular complexity index is 718. The van der Waals surface area contributed by atoms with Crippen LogP contribution in [0.25, 0.3) is 5.65 Å². The van der Waals surface area contributed by atoms with E-state index in [0.717, 1.165) is 11.3 Å². The number of carbonyl (C=O) groups excluding carboxylic acids is 1. The fraction of sp³-hybridized carbons (Fsp3) is 0.214. The molecule has 0 atom stereocenters. The number of hydrogen-bond donors (Lipinski definition) is 0. The summed E-state index contributed by atoms with van der Waals surface area (Å²) >= 11 is 0. The molecule has 3 heterocycles. The molecule has 3 aromatic rings. The van der Waals surface area contributed by atoms with Crippen LogP contribution >= 0.6 is 0 Å². The molecule has 0 aliphatic heterocycles. The molecular weight excluding hydrogens is 256 g/mol. The Morgan fingerprint density at radius 2 is 2.30 bits per heavy atom. The van der Waals surface area contributed by atoms with E-state index in [0.29, 0.717) is 13.1 Å². The molecule has 6 heteroatoms. The lowest BCUT2D eigenvalue weighted by atomic mass is 10.3. The van der Waals surface area contributed by atoms with Crippen LogP contribution in [0.15, 0.2) is 47.4 Å². The second-order valence-electron chi connectivity index (χ2n) is 4.37. The second-order valence-corrected chi connectivity index (χ2v) is 4.37. The average Bonchev–Trinajstić information content (AvgIpc) is 3.14. The highest BCUT2D eigenvalue weighted by atomic mass is 16.5. The van der Waals surface area contributed by atoms with Crippen LogP contribution in [0.1, 0.15) is 23.2 Å². The lowest BCUT2D eigenvalue weighted by Crippen LogP contribution is -2.30. The van der Waals surface area contributed by atoms with Crippen molar-refractivity contribution in [1.29, 1.82) is 0 Å². The van der Waals surface area contributed by atoms with E-state index in [1.807, 2.05) is 35.7 Å². The molecular formula is C14H14N4O2. The van der Waals surface area contributed by atoms with Gasteiger partial charge in [-0.25, -0.2) is 4.98 Å². The summed E-state index contributed by atoms with van der Waals surface area (Å²) in [5, 5.41) is 3.57. The fourth-order valence-electron chi connectivity index (χ4n) is 2.11. The van der Waals surface area contributed by atoms with Crippen molar-refractivity contribution in [2.45, 2.75) is 13.5 Å². The van der Waals surface area contributed by atoms with Gasteiger partial charge in [0.1, 0.15) is 5.65 Å². The van der Waals surface area contributed by atoms with Crippen LogP contribution in [-0.2, 0) is 6.54 Å². The number of imidazole rings is 1. The van der Waals surface area contributed by atoms with Gasteiger partial charge in [-0.2, -0.15) is 0 Å². The lowest BCUT2D eigenvalue weighted by molar-refractivity contribution is 0.0708. The minimum Gasteiger partial charge on any atom is -0.351 e. The van der Waals surface area contributed by atoms with Gasteiger partial charge in [-0.3, -0.25) is 4.79 Å². The average molecular weight is 270 g/mol. The predicted octanol–water partition coefficient (Wildman–Crippen LogP) is 1.98. The van der Waals surface area contributed by atoms with Crippen molar-refractivity contribution < 1.29 is 9.32 Å². The van der Waals surface area contributed by atoms with Crippen LogP contribution in [0.4, 0.5) is 0 Å². The van der Waals surface area contributed by atoms with Gasteiger partial charge in [0.2, 0.25) is 5.76 Å². The predicted molar refractivity (Wildman–Crippen MR) is 72.1 cm³/mol. The molecule has 6 nitrogen and oxygen atoms in total. The summed E-state index contributed by atoms with van der Waals surface area (Å²) in [5.74, 6) is 0.0801. The third kappa shape index (κ3) is 2.16. The molecule has 3 aromatic heterocycles. The van der Waals surface area contributed by atoms with E-state index in [2.05, 4.69) is 10.1 Å². The largest absolute Gasteiger partial charge is 0.351 e. The number of nitrogens with zero attached hydrogens (tertiary/aromatic N) is 4. The highest BCUT2D eigenvalue weighted by molar-refractivity contribution is 5.91. The number of rotatable bonds is 4. The zero-order chi connectivity index (χ0) is 13.9. The fourth-order valence-corrected chi connectivity index (χ4v) is 2.11. The summed E-state index contributed by atoms with van der Waals surface area (Å²) in [6.45, 7) is 2.98. The van der Waals surface area contributed by atoms with E-state index in [9.17, 15) is 4.79 Å². The van der Waals surface area contributed by atoms with E-state index in [1.165, 1.54) is 6.20 Å². The Labute approximate surface area is 115 Å². The molecule has 0 radical (unpaired) electrons. The Morgan fingerprint density at radius 1 is 1.40 bits per heavy atom. The van der Waals surface area contributed by atoms with E-state index >= 15 is 0 Å². The Balaban J connectivity index is 1.86. The first kappa shape index (κ1) is 12.4. The van der Waals surface area contributed by atoms with Crippen molar-refractivity contribution in [2.75, 3.05) is 6.54 Å². The molecule has 0 bridgehead atoms. The Kier molecular flexibility index (Phi) is 3.20. The van der Waals surface area contributed by atoms with Crippen LogP contribution in [0.5, 0.6) is 0 Å². The summed E-state index contributed by atoms with van der Waals surface area (Å²) in [6, 6.07) is 7.37. The number of amides is 1. The SMILES string of the molecule is CCN(Cc1cnc2ccccn12)C(=O)c1ccno1. The number of aromatic nitrogens is 3. The quantitative estimate of drug-likeness (QED) is 0.727. The zero-order valence-corrected chi connectivity index (χ0v) is 11.1. The van der Waals surface area contributed by atoms with E-state index in [1.54, 1.807) is 17.2 Å². The summed E-state index contributed by atoms with van der Waals surface area (Å²) in [4.78, 5) is 18.3. The van der Waals surface area contributed by atoms with Crippen molar-refractivity contribution in [3.8, 4) is 0 Å². The Hall–Kier alpha value is -2.63. The normalized spacial score (nSPS) is 10.8. The molecule has 102 valence electrons. The van der Waals surface area contributed by atoms with Crippen molar-refractivity contribution >= 4 is 11.6 Å². The first-order valence-electron chi connectivity index (χ1n) is 6.40. The second kappa shape index (κ2) is 5.16. The van der Waals surface area contributed by atoms with Crippen molar-refractivity contribution in [3.05, 3.63) is 54.3 Å². The molecule has 0 saturated carbocycles. The van der Waals surface area contributed by atoms with Crippen LogP contribution in [0, 0.1) is 0 Å². The molecule has 0 aliphatic carbocycles. The van der Waals surface area contributed by atoms with Gasteiger partial charge in [0.15, 0.2) is 0 Å². The van der Waals surface area contributed by atoms with Gasteiger partial charge < -0.3 is 13.8 Å². The number of fused-ring (bicyclic) bond motifs is 1. The third-order valence-electron chi connectivity index (χ3n) is 3.16. The van der Waals surface area contributed by atoms with Crippen LogP contribution in [0.2, 0.25) is 0 Å². The maximum absolute atomic E-state index is 12.3. The maximum Gasteiger partial charge on any atom is 0.292 e. The van der Waals surface area contributed by atoms with Gasteiger partial charge in [-0.1, -0.05) is 11.2 Å². The van der Waals surface area contributed by atoms with Gasteiger partial charge in [0.25, 0.3) is 5.91 Å². The van der Waals surface area contributed by atoms with Crippen molar-refractivity contribution in [1.82, 2.24) is 19.4 Å². The van der Waals surface area contributed by atoms with Gasteiger partial charge in [-0.15, -0.1) is 0 Å². The molecule has 0 saturated heterocycles. The lowest BCUT2D eigenvalue weighted by Gasteiger charge is -2.18. The third-order valence-corrected chi connectivity index (χ3v) is 3.16. The molecule has 0 aromatic carbocycles. The smallest absolute Gasteiger partial charge is 0.292 e. The first-order valence-corrected chi connectivity index (χ1v) is 6.40. The Morgan fingerprint density at radius 3 is 3.05 bits per heavy atom. The molecule has 20 heavy (non-hydrogen) atoms. The van der Waals surface area contributed by atoms with Gasteiger partial charge in [-0.05, 0) is 19.1 Å². The molecule has 3 rings (SSSR count). The van der Waals surface area contributed by atoms with Gasteiger partial charge in [0, 0.05) is 18.8 Å². The highest BCUT2D eigenvalue weighted by Crippen LogP contribution is 2.11. The van der Waals surface area contributed by atoms with Crippen molar-refractivity contribution in [2.24, 2.45) is 0 Å². The van der Waals surface area contributed by atoms with E-state index < -0.39 is 0 Å². The molecule has 0 fully saturated rings. The number of pyridine rings is 1. The molecule has 0 N–H and O–H groups in total. The monoisotopic (exact) mass is 270 g/mol. The van der Waals surface area contributed by atoms with Gasteiger partial charge >= 0.3 is 0 Å². The van der Waals surface area contributed by atoms with Crippen LogP contribution in [-0.4, -0.2) is 31.9 Å². The summed E-state index contributed by atoms with van der Waals surface area (Å²) in [6.07, 6.45) is 5.19. The summed E-state index contributed by atoms with van der Waals surface area (Å²) < 4.78 is 6.89. The molecule has 0 unspecified atom stereocenters. The van der Waals surface area contributed by atoms with E-state index in [-0.39, 0.29) is 11.7 Å². The minimum atomic E-state index is -0.170. The van der Waals surface area contributed by atoms with Crippen LogP contribution < -0.4 is 0 Å². The number of hydrogen-bond acceptors (Lipinski definition) is 4. The molecule has 1 amide bonds. The first-order chi connectivity index (χ1) is 9.79. The maximum atomic E-state index is 12.3. The highest BCUT2D eigenvalue weighted by Gasteiger charge is 2.19. The van der Waals surface area contributed by atoms with Gasteiger partial charge in [0.05, 0.1) is 24.6 Å². The summed E-state index contributed by atoms with van der Waals surface area (Å²) in [5.41, 5.74) is 1.82. The molecule has 0 spiro atoms.